The number of hydrogen-bond donors (Lipinski definition) is 2. The van der Waals surface area contributed by atoms with Gasteiger partial charge in [-0.1, -0.05) is 34.8 Å². The number of carbonyl (C=O) groups is 3. The Balaban J connectivity index is 1.31. The van der Waals surface area contributed by atoms with E-state index in [1.54, 1.807) is 0 Å². The highest BCUT2D eigenvalue weighted by Crippen LogP contribution is 2.61. The van der Waals surface area contributed by atoms with Crippen LogP contribution in [0.5, 0.6) is 0 Å². The molecule has 5 fully saturated rings. The number of benzene rings is 1. The smallest absolute Gasteiger partial charge is 0.305 e. The highest BCUT2D eigenvalue weighted by atomic mass is 35.5. The lowest BCUT2D eigenvalue weighted by atomic mass is 9.47. The molecule has 13 heteroatoms. The molecular weight excluding hydrogens is 551 g/mol. The van der Waals surface area contributed by atoms with E-state index in [-0.39, 0.29) is 50.0 Å². The number of nitrogens with two attached hydrogens (primary N) is 1. The van der Waals surface area contributed by atoms with Gasteiger partial charge in [-0.2, -0.15) is 12.7 Å². The molecule has 6 rings (SSSR count). The molecule has 2 unspecified atom stereocenters. The van der Waals surface area contributed by atoms with Crippen molar-refractivity contribution < 1.29 is 22.8 Å². The topological polar surface area (TPSA) is 130 Å². The standard InChI is InChI=1S/C23H27Cl3N4O5S/c24-15-3-17(25)22(18(26)4-15)30-10-16(31)9-29(36(30,34)35)11-20(33)28-21-13-1-12-2-14(21)7-23(5-12,6-13)8-19(27)32/h3-4,12-14,21H,1-2,5-11H2,(H2,27,32)(H,28,33). The van der Waals surface area contributed by atoms with Crippen LogP contribution in [-0.2, 0) is 24.6 Å². The molecule has 2 amide bonds. The van der Waals surface area contributed by atoms with E-state index in [1.165, 1.54) is 12.1 Å². The molecule has 4 aliphatic carbocycles. The van der Waals surface area contributed by atoms with Crippen molar-refractivity contribution >= 4 is 68.3 Å². The van der Waals surface area contributed by atoms with Gasteiger partial charge in [0.05, 0.1) is 35.4 Å². The number of nitrogens with zero attached hydrogens (tertiary/aromatic N) is 2. The van der Waals surface area contributed by atoms with E-state index in [0.29, 0.717) is 12.3 Å². The number of nitrogens with one attached hydrogen (secondary N) is 1. The molecule has 1 saturated heterocycles. The first kappa shape index (κ1) is 26.0. The number of carbonyl (C=O) groups excluding carboxylic acids is 3. The van der Waals surface area contributed by atoms with Crippen LogP contribution in [0.15, 0.2) is 12.1 Å². The van der Waals surface area contributed by atoms with E-state index in [9.17, 15) is 22.8 Å². The van der Waals surface area contributed by atoms with Crippen LogP contribution in [0.4, 0.5) is 5.69 Å². The molecule has 36 heavy (non-hydrogen) atoms. The van der Waals surface area contributed by atoms with E-state index in [0.717, 1.165) is 40.7 Å². The highest BCUT2D eigenvalue weighted by Gasteiger charge is 2.56. The number of ketones is 1. The zero-order chi connectivity index (χ0) is 26.0. The van der Waals surface area contributed by atoms with Crippen LogP contribution in [0.2, 0.25) is 15.1 Å². The summed E-state index contributed by atoms with van der Waals surface area (Å²) < 4.78 is 28.5. The van der Waals surface area contributed by atoms with Gasteiger partial charge in [0.1, 0.15) is 0 Å². The second-order valence-electron chi connectivity index (χ2n) is 10.7. The molecule has 4 saturated carbocycles. The van der Waals surface area contributed by atoms with Gasteiger partial charge in [-0.15, -0.1) is 0 Å². The molecule has 9 nitrogen and oxygen atoms in total. The average molecular weight is 578 g/mol. The largest absolute Gasteiger partial charge is 0.370 e. The third-order valence-electron chi connectivity index (χ3n) is 8.11. The normalized spacial score (nSPS) is 33.1. The molecule has 2 atom stereocenters. The van der Waals surface area contributed by atoms with Gasteiger partial charge >= 0.3 is 10.2 Å². The van der Waals surface area contributed by atoms with Crippen LogP contribution in [0.25, 0.3) is 0 Å². The monoisotopic (exact) mass is 576 g/mol. The third-order valence-corrected chi connectivity index (χ3v) is 10.7. The zero-order valence-electron chi connectivity index (χ0n) is 19.4. The van der Waals surface area contributed by atoms with Crippen LogP contribution in [0.3, 0.4) is 0 Å². The van der Waals surface area contributed by atoms with Gasteiger partial charge in [-0.3, -0.25) is 14.4 Å². The first-order valence-electron chi connectivity index (χ1n) is 11.9. The number of anilines is 1. The van der Waals surface area contributed by atoms with Gasteiger partial charge in [0.15, 0.2) is 5.78 Å². The van der Waals surface area contributed by atoms with Crippen molar-refractivity contribution in [1.29, 1.82) is 0 Å². The third kappa shape index (κ3) is 4.71. The summed E-state index contributed by atoms with van der Waals surface area (Å²) in [5, 5.41) is 3.24. The molecule has 0 radical (unpaired) electrons. The minimum atomic E-state index is -4.27. The van der Waals surface area contributed by atoms with Crippen molar-refractivity contribution in [2.75, 3.05) is 23.9 Å². The van der Waals surface area contributed by atoms with Gasteiger partial charge in [-0.05, 0) is 67.4 Å². The van der Waals surface area contributed by atoms with Gasteiger partial charge < -0.3 is 11.1 Å². The summed E-state index contributed by atoms with van der Waals surface area (Å²) in [4.78, 5) is 37.3. The van der Waals surface area contributed by atoms with E-state index >= 15 is 0 Å². The summed E-state index contributed by atoms with van der Waals surface area (Å²) in [5.41, 5.74) is 5.39. The fourth-order valence-corrected chi connectivity index (χ4v) is 9.94. The van der Waals surface area contributed by atoms with Crippen LogP contribution >= 0.6 is 34.8 Å². The van der Waals surface area contributed by atoms with Crippen LogP contribution in [0, 0.1) is 23.2 Å². The quantitative estimate of drug-likeness (QED) is 0.537. The maximum atomic E-state index is 13.4. The average Bonchev–Trinajstić information content (AvgIpc) is 2.72. The molecule has 5 aliphatic rings. The number of hydrogen-bond acceptors (Lipinski definition) is 5. The van der Waals surface area contributed by atoms with Gasteiger partial charge in [0, 0.05) is 17.5 Å². The molecule has 3 N–H and O–H groups in total. The molecule has 196 valence electrons. The summed E-state index contributed by atoms with van der Waals surface area (Å²) in [6, 6.07) is 2.59. The van der Waals surface area contributed by atoms with Gasteiger partial charge in [-0.25, -0.2) is 4.31 Å². The molecule has 0 aromatic heterocycles. The first-order valence-corrected chi connectivity index (χ1v) is 14.4. The van der Waals surface area contributed by atoms with E-state index in [2.05, 4.69) is 5.32 Å². The minimum absolute atomic E-state index is 0.0198. The fourth-order valence-electron chi connectivity index (χ4n) is 7.22. The lowest BCUT2D eigenvalue weighted by molar-refractivity contribution is -0.135. The number of Topliss-reactive ketones (excluding diaryl/α,β-unsaturated/α-hetero) is 1. The summed E-state index contributed by atoms with van der Waals surface area (Å²) in [5.74, 6) is -0.184. The lowest BCUT2D eigenvalue weighted by Crippen LogP contribution is -2.61. The van der Waals surface area contributed by atoms with Crippen molar-refractivity contribution in [2.24, 2.45) is 28.9 Å². The Labute approximate surface area is 224 Å². The van der Waals surface area contributed by atoms with Crippen molar-refractivity contribution in [3.05, 3.63) is 27.2 Å². The summed E-state index contributed by atoms with van der Waals surface area (Å²) in [6.45, 7) is -1.37. The second-order valence-corrected chi connectivity index (χ2v) is 13.8. The Morgan fingerprint density at radius 2 is 1.67 bits per heavy atom. The number of primary amides is 1. The maximum Gasteiger partial charge on any atom is 0.305 e. The van der Waals surface area contributed by atoms with Crippen molar-refractivity contribution in [1.82, 2.24) is 9.62 Å². The van der Waals surface area contributed by atoms with E-state index in [4.69, 9.17) is 40.5 Å². The zero-order valence-corrected chi connectivity index (χ0v) is 22.5. The SMILES string of the molecule is NC(=O)CC12CC3CC(C1)C(NC(=O)CN1CC(=O)CN(c4c(Cl)cc(Cl)cc4Cl)S1(=O)=O)C(C3)C2. The maximum absolute atomic E-state index is 13.4. The molecular formula is C23H27Cl3N4O5S. The number of rotatable bonds is 6. The summed E-state index contributed by atoms with van der Waals surface area (Å²) in [6.07, 6.45) is 4.99. The van der Waals surface area contributed by atoms with Crippen LogP contribution in [0.1, 0.15) is 38.5 Å². The van der Waals surface area contributed by atoms with Crippen LogP contribution in [-0.4, -0.2) is 56.0 Å². The minimum Gasteiger partial charge on any atom is -0.370 e. The predicted octanol–water partition coefficient (Wildman–Crippen LogP) is 2.77. The Morgan fingerprint density at radius 3 is 2.25 bits per heavy atom. The van der Waals surface area contributed by atoms with Crippen molar-refractivity contribution in [2.45, 2.75) is 44.6 Å². The number of halogens is 3. The molecule has 1 aliphatic heterocycles. The van der Waals surface area contributed by atoms with Crippen LogP contribution < -0.4 is 15.4 Å². The van der Waals surface area contributed by atoms with E-state index in [1.807, 2.05) is 0 Å². The lowest BCUT2D eigenvalue weighted by Gasteiger charge is -2.60. The Bertz CT molecular complexity index is 1200. The second kappa shape index (κ2) is 9.31. The molecule has 0 spiro atoms. The predicted molar refractivity (Wildman–Crippen MR) is 136 cm³/mol. The summed E-state index contributed by atoms with van der Waals surface area (Å²) in [7, 11) is -4.27. The highest BCUT2D eigenvalue weighted by molar-refractivity contribution is 7.90. The Morgan fingerprint density at radius 1 is 1.06 bits per heavy atom. The molecule has 1 heterocycles. The Kier molecular flexibility index (Phi) is 6.73. The van der Waals surface area contributed by atoms with Crippen molar-refractivity contribution in [3.63, 3.8) is 0 Å². The number of amides is 2. The van der Waals surface area contributed by atoms with E-state index < -0.39 is 41.5 Å². The Hall–Kier alpha value is -1.59. The van der Waals surface area contributed by atoms with Gasteiger partial charge in [0.2, 0.25) is 11.8 Å². The van der Waals surface area contributed by atoms with Gasteiger partial charge in [0.25, 0.3) is 0 Å². The van der Waals surface area contributed by atoms with Crippen molar-refractivity contribution in [3.8, 4) is 0 Å². The first-order chi connectivity index (χ1) is 16.9. The molecule has 1 aromatic rings. The summed E-state index contributed by atoms with van der Waals surface area (Å²) >= 11 is 18.4. The molecule has 4 bridgehead atoms. The fraction of sp³-hybridized carbons (Fsp3) is 0.609. The molecule has 1 aromatic carbocycles.